The summed E-state index contributed by atoms with van der Waals surface area (Å²) in [5.41, 5.74) is 0. The molecular weight excluding hydrogens is 176 g/mol. The third kappa shape index (κ3) is 2.54. The molecule has 1 aromatic rings. The summed E-state index contributed by atoms with van der Waals surface area (Å²) >= 11 is 0.989. The van der Waals surface area contributed by atoms with E-state index >= 15 is 0 Å². The van der Waals surface area contributed by atoms with Gasteiger partial charge in [-0.3, -0.25) is 9.59 Å². The summed E-state index contributed by atoms with van der Waals surface area (Å²) in [6.45, 7) is 1.43. The number of thioether (sulfide) groups is 1. The van der Waals surface area contributed by atoms with Crippen LogP contribution in [0.15, 0.2) is 22.8 Å². The number of carbonyl (C=O) groups excluding carboxylic acids is 2. The zero-order valence-corrected chi connectivity index (χ0v) is 7.39. The molecule has 12 heavy (non-hydrogen) atoms. The van der Waals surface area contributed by atoms with Crippen molar-refractivity contribution in [1.29, 1.82) is 0 Å². The summed E-state index contributed by atoms with van der Waals surface area (Å²) in [4.78, 5) is 21.6. The third-order valence-electron chi connectivity index (χ3n) is 1.20. The molecule has 0 saturated heterocycles. The highest BCUT2D eigenvalue weighted by atomic mass is 32.2. The predicted octanol–water partition coefficient (Wildman–Crippen LogP) is 1.74. The molecule has 1 aromatic heterocycles. The topological polar surface area (TPSA) is 47.3 Å². The van der Waals surface area contributed by atoms with Crippen LogP contribution in [-0.2, 0) is 4.79 Å². The normalized spacial score (nSPS) is 9.75. The standard InChI is InChI=1S/C8H8O3S/c1-6(9)12-5-7(10)8-3-2-4-11-8/h2-4H,5H2,1H3. The van der Waals surface area contributed by atoms with Crippen molar-refractivity contribution in [2.45, 2.75) is 6.92 Å². The average Bonchev–Trinajstić information content (AvgIpc) is 2.51. The molecule has 0 aromatic carbocycles. The van der Waals surface area contributed by atoms with Crippen LogP contribution in [0.2, 0.25) is 0 Å². The highest BCUT2D eigenvalue weighted by Gasteiger charge is 2.09. The zero-order valence-electron chi connectivity index (χ0n) is 6.57. The van der Waals surface area contributed by atoms with Gasteiger partial charge in [0.15, 0.2) is 10.9 Å². The van der Waals surface area contributed by atoms with Crippen molar-refractivity contribution in [3.05, 3.63) is 24.2 Å². The van der Waals surface area contributed by atoms with Gasteiger partial charge in [-0.15, -0.1) is 0 Å². The molecule has 0 atom stereocenters. The lowest BCUT2D eigenvalue weighted by atomic mass is 10.3. The number of carbonyl (C=O) groups is 2. The first-order chi connectivity index (χ1) is 5.70. The van der Waals surface area contributed by atoms with E-state index in [9.17, 15) is 9.59 Å². The highest BCUT2D eigenvalue weighted by molar-refractivity contribution is 8.14. The zero-order chi connectivity index (χ0) is 8.97. The van der Waals surface area contributed by atoms with E-state index in [0.29, 0.717) is 5.76 Å². The molecule has 0 radical (unpaired) electrons. The Hall–Kier alpha value is -1.03. The number of ketones is 1. The second-order valence-electron chi connectivity index (χ2n) is 2.18. The molecule has 3 nitrogen and oxygen atoms in total. The lowest BCUT2D eigenvalue weighted by molar-refractivity contribution is -0.109. The van der Waals surface area contributed by atoms with Gasteiger partial charge >= 0.3 is 0 Å². The van der Waals surface area contributed by atoms with Crippen molar-refractivity contribution < 1.29 is 14.0 Å². The van der Waals surface area contributed by atoms with Gasteiger partial charge in [0, 0.05) is 6.92 Å². The Morgan fingerprint density at radius 2 is 2.33 bits per heavy atom. The number of rotatable bonds is 3. The first-order valence-corrected chi connectivity index (χ1v) is 4.39. The largest absolute Gasteiger partial charge is 0.461 e. The fourth-order valence-corrected chi connectivity index (χ4v) is 1.15. The van der Waals surface area contributed by atoms with Gasteiger partial charge in [-0.25, -0.2) is 0 Å². The van der Waals surface area contributed by atoms with Gasteiger partial charge in [-0.1, -0.05) is 11.8 Å². The number of furan rings is 1. The first kappa shape index (κ1) is 9.06. The Labute approximate surface area is 74.1 Å². The van der Waals surface area contributed by atoms with Gasteiger partial charge in [0.1, 0.15) is 0 Å². The minimum absolute atomic E-state index is 0.0603. The highest BCUT2D eigenvalue weighted by Crippen LogP contribution is 2.07. The molecule has 0 fully saturated rings. The van der Waals surface area contributed by atoms with Crippen LogP contribution in [-0.4, -0.2) is 16.7 Å². The average molecular weight is 184 g/mol. The molecular formula is C8H8O3S. The van der Waals surface area contributed by atoms with E-state index in [2.05, 4.69) is 0 Å². The SMILES string of the molecule is CC(=O)SCC(=O)c1ccco1. The second kappa shape index (κ2) is 4.11. The molecule has 0 aliphatic rings. The number of Topliss-reactive ketones (excluding diaryl/α,β-unsaturated/α-hetero) is 1. The number of hydrogen-bond acceptors (Lipinski definition) is 4. The Morgan fingerprint density at radius 3 is 2.83 bits per heavy atom. The lowest BCUT2D eigenvalue weighted by Crippen LogP contribution is -2.02. The summed E-state index contributed by atoms with van der Waals surface area (Å²) in [5.74, 6) is 0.312. The number of hydrogen-bond donors (Lipinski definition) is 0. The van der Waals surface area contributed by atoms with E-state index in [4.69, 9.17) is 4.42 Å². The van der Waals surface area contributed by atoms with Crippen molar-refractivity contribution in [3.63, 3.8) is 0 Å². The Morgan fingerprint density at radius 1 is 1.58 bits per heavy atom. The van der Waals surface area contributed by atoms with Crippen LogP contribution in [0.3, 0.4) is 0 Å². The van der Waals surface area contributed by atoms with Crippen LogP contribution in [0.25, 0.3) is 0 Å². The second-order valence-corrected chi connectivity index (χ2v) is 3.33. The minimum atomic E-state index is -0.153. The van der Waals surface area contributed by atoms with E-state index in [1.54, 1.807) is 12.1 Å². The molecule has 1 heterocycles. The van der Waals surface area contributed by atoms with E-state index in [-0.39, 0.29) is 16.7 Å². The van der Waals surface area contributed by atoms with Crippen LogP contribution in [0.1, 0.15) is 17.5 Å². The maximum atomic E-state index is 11.1. The van der Waals surface area contributed by atoms with Crippen LogP contribution in [0.5, 0.6) is 0 Å². The van der Waals surface area contributed by atoms with Gasteiger partial charge in [-0.05, 0) is 12.1 Å². The van der Waals surface area contributed by atoms with Crippen LogP contribution in [0.4, 0.5) is 0 Å². The molecule has 0 unspecified atom stereocenters. The molecule has 0 aliphatic carbocycles. The molecule has 0 saturated carbocycles. The Bertz CT molecular complexity index is 277. The summed E-state index contributed by atoms with van der Waals surface area (Å²) in [7, 11) is 0. The quantitative estimate of drug-likeness (QED) is 0.671. The third-order valence-corrected chi connectivity index (χ3v) is 2.02. The summed E-state index contributed by atoms with van der Waals surface area (Å²) in [6, 6.07) is 3.23. The molecule has 0 spiro atoms. The molecule has 0 amide bonds. The van der Waals surface area contributed by atoms with E-state index in [1.165, 1.54) is 13.2 Å². The lowest BCUT2D eigenvalue weighted by Gasteiger charge is -1.92. The Balaban J connectivity index is 2.45. The maximum Gasteiger partial charge on any atom is 0.208 e. The molecule has 0 bridgehead atoms. The van der Waals surface area contributed by atoms with Crippen molar-refractivity contribution in [2.75, 3.05) is 5.75 Å². The summed E-state index contributed by atoms with van der Waals surface area (Å²) < 4.78 is 4.85. The van der Waals surface area contributed by atoms with Gasteiger partial charge in [-0.2, -0.15) is 0 Å². The molecule has 1 rings (SSSR count). The van der Waals surface area contributed by atoms with Crippen molar-refractivity contribution in [1.82, 2.24) is 0 Å². The van der Waals surface area contributed by atoms with Gasteiger partial charge in [0.2, 0.25) is 5.78 Å². The van der Waals surface area contributed by atoms with E-state index < -0.39 is 0 Å². The van der Waals surface area contributed by atoms with Gasteiger partial charge < -0.3 is 4.42 Å². The fraction of sp³-hybridized carbons (Fsp3) is 0.250. The molecule has 4 heteroatoms. The van der Waals surface area contributed by atoms with Crippen molar-refractivity contribution in [2.24, 2.45) is 0 Å². The van der Waals surface area contributed by atoms with Crippen molar-refractivity contribution >= 4 is 22.7 Å². The Kier molecular flexibility index (Phi) is 3.10. The minimum Gasteiger partial charge on any atom is -0.461 e. The summed E-state index contributed by atoms with van der Waals surface area (Å²) in [6.07, 6.45) is 1.44. The first-order valence-electron chi connectivity index (χ1n) is 3.40. The molecule has 64 valence electrons. The summed E-state index contributed by atoms with van der Waals surface area (Å²) in [5, 5.41) is -0.0603. The van der Waals surface area contributed by atoms with Crippen LogP contribution in [0, 0.1) is 0 Å². The molecule has 0 aliphatic heterocycles. The van der Waals surface area contributed by atoms with Crippen LogP contribution >= 0.6 is 11.8 Å². The van der Waals surface area contributed by atoms with Crippen LogP contribution < -0.4 is 0 Å². The predicted molar refractivity (Wildman–Crippen MR) is 46.2 cm³/mol. The van der Waals surface area contributed by atoms with Crippen molar-refractivity contribution in [3.8, 4) is 0 Å². The van der Waals surface area contributed by atoms with Gasteiger partial charge in [0.25, 0.3) is 0 Å². The smallest absolute Gasteiger partial charge is 0.208 e. The fourth-order valence-electron chi connectivity index (χ4n) is 0.676. The molecule has 0 N–H and O–H groups in total. The monoisotopic (exact) mass is 184 g/mol. The van der Waals surface area contributed by atoms with E-state index in [1.807, 2.05) is 0 Å². The van der Waals surface area contributed by atoms with E-state index in [0.717, 1.165) is 11.8 Å². The maximum absolute atomic E-state index is 11.1. The van der Waals surface area contributed by atoms with Gasteiger partial charge in [0.05, 0.1) is 12.0 Å².